The lowest BCUT2D eigenvalue weighted by Gasteiger charge is -2.08. The third-order valence-corrected chi connectivity index (χ3v) is 2.31. The number of hydrogen-bond donors (Lipinski definition) is 1. The van der Waals surface area contributed by atoms with Gasteiger partial charge in [-0.2, -0.15) is 0 Å². The van der Waals surface area contributed by atoms with Crippen LogP contribution in [0.4, 0.5) is 0 Å². The van der Waals surface area contributed by atoms with Crippen LogP contribution in [0, 0.1) is 0 Å². The SMILES string of the molecule is CCCCCC(O)Cc1ccccn1. The summed E-state index contributed by atoms with van der Waals surface area (Å²) in [5, 5.41) is 9.69. The van der Waals surface area contributed by atoms with Crippen molar-refractivity contribution in [2.45, 2.75) is 45.1 Å². The summed E-state index contributed by atoms with van der Waals surface area (Å²) in [5.74, 6) is 0. The van der Waals surface area contributed by atoms with Crippen molar-refractivity contribution in [2.75, 3.05) is 0 Å². The predicted octanol–water partition coefficient (Wildman–Crippen LogP) is 2.57. The maximum absolute atomic E-state index is 9.69. The van der Waals surface area contributed by atoms with E-state index < -0.39 is 0 Å². The van der Waals surface area contributed by atoms with Gasteiger partial charge in [-0.05, 0) is 18.6 Å². The van der Waals surface area contributed by atoms with E-state index in [-0.39, 0.29) is 6.10 Å². The molecule has 1 atom stereocenters. The fraction of sp³-hybridized carbons (Fsp3) is 0.583. The van der Waals surface area contributed by atoms with Crippen molar-refractivity contribution < 1.29 is 5.11 Å². The van der Waals surface area contributed by atoms with Gasteiger partial charge in [-0.3, -0.25) is 4.98 Å². The topological polar surface area (TPSA) is 33.1 Å². The zero-order valence-corrected chi connectivity index (χ0v) is 8.82. The predicted molar refractivity (Wildman–Crippen MR) is 58.1 cm³/mol. The molecule has 0 radical (unpaired) electrons. The molecule has 14 heavy (non-hydrogen) atoms. The fourth-order valence-electron chi connectivity index (χ4n) is 1.49. The normalized spacial score (nSPS) is 12.7. The van der Waals surface area contributed by atoms with Crippen LogP contribution < -0.4 is 0 Å². The van der Waals surface area contributed by atoms with Crippen molar-refractivity contribution in [3.05, 3.63) is 30.1 Å². The second-order valence-corrected chi connectivity index (χ2v) is 3.67. The van der Waals surface area contributed by atoms with E-state index in [1.807, 2.05) is 18.2 Å². The van der Waals surface area contributed by atoms with E-state index >= 15 is 0 Å². The first-order valence-corrected chi connectivity index (χ1v) is 5.41. The van der Waals surface area contributed by atoms with Crippen LogP contribution in [-0.4, -0.2) is 16.2 Å². The molecule has 0 spiro atoms. The lowest BCUT2D eigenvalue weighted by molar-refractivity contribution is 0.160. The molecule has 1 heterocycles. The van der Waals surface area contributed by atoms with Crippen molar-refractivity contribution in [3.8, 4) is 0 Å². The van der Waals surface area contributed by atoms with Crippen LogP contribution in [0.1, 0.15) is 38.3 Å². The third kappa shape index (κ3) is 4.38. The molecule has 0 saturated heterocycles. The van der Waals surface area contributed by atoms with Gasteiger partial charge >= 0.3 is 0 Å². The lowest BCUT2D eigenvalue weighted by atomic mass is 10.1. The van der Waals surface area contributed by atoms with E-state index in [9.17, 15) is 5.11 Å². The highest BCUT2D eigenvalue weighted by Gasteiger charge is 2.05. The summed E-state index contributed by atoms with van der Waals surface area (Å²) >= 11 is 0. The average molecular weight is 193 g/mol. The summed E-state index contributed by atoms with van der Waals surface area (Å²) in [6, 6.07) is 5.82. The average Bonchev–Trinajstić information content (AvgIpc) is 2.20. The molecule has 78 valence electrons. The van der Waals surface area contributed by atoms with Crippen LogP contribution in [0.5, 0.6) is 0 Å². The summed E-state index contributed by atoms with van der Waals surface area (Å²) in [4.78, 5) is 4.19. The van der Waals surface area contributed by atoms with Crippen molar-refractivity contribution in [1.82, 2.24) is 4.98 Å². The van der Waals surface area contributed by atoms with Crippen LogP contribution in [0.3, 0.4) is 0 Å². The Morgan fingerprint density at radius 3 is 2.86 bits per heavy atom. The molecule has 2 nitrogen and oxygen atoms in total. The Bertz CT molecular complexity index is 235. The Kier molecular flexibility index (Phi) is 5.23. The van der Waals surface area contributed by atoms with Gasteiger partial charge in [-0.25, -0.2) is 0 Å². The monoisotopic (exact) mass is 193 g/mol. The second kappa shape index (κ2) is 6.55. The van der Waals surface area contributed by atoms with Crippen molar-refractivity contribution >= 4 is 0 Å². The lowest BCUT2D eigenvalue weighted by Crippen LogP contribution is -2.11. The smallest absolute Gasteiger partial charge is 0.0595 e. The summed E-state index contributed by atoms with van der Waals surface area (Å²) in [7, 11) is 0. The zero-order chi connectivity index (χ0) is 10.2. The highest BCUT2D eigenvalue weighted by molar-refractivity contribution is 5.04. The molecule has 1 N–H and O–H groups in total. The number of nitrogens with zero attached hydrogens (tertiary/aromatic N) is 1. The molecule has 1 aromatic rings. The van der Waals surface area contributed by atoms with E-state index in [4.69, 9.17) is 0 Å². The number of pyridine rings is 1. The van der Waals surface area contributed by atoms with Gasteiger partial charge < -0.3 is 5.11 Å². The van der Waals surface area contributed by atoms with Gasteiger partial charge in [0.05, 0.1) is 6.10 Å². The van der Waals surface area contributed by atoms with Crippen molar-refractivity contribution in [3.63, 3.8) is 0 Å². The molecule has 1 unspecified atom stereocenters. The van der Waals surface area contributed by atoms with Crippen molar-refractivity contribution in [1.29, 1.82) is 0 Å². The maximum atomic E-state index is 9.69. The first-order chi connectivity index (χ1) is 6.83. The van der Waals surface area contributed by atoms with Crippen LogP contribution in [0.25, 0.3) is 0 Å². The maximum Gasteiger partial charge on any atom is 0.0595 e. The summed E-state index contributed by atoms with van der Waals surface area (Å²) in [6.07, 6.45) is 6.65. The van der Waals surface area contributed by atoms with E-state index in [0.717, 1.165) is 18.5 Å². The van der Waals surface area contributed by atoms with Gasteiger partial charge in [0.2, 0.25) is 0 Å². The molecule has 0 saturated carbocycles. The second-order valence-electron chi connectivity index (χ2n) is 3.67. The van der Waals surface area contributed by atoms with E-state index in [2.05, 4.69) is 11.9 Å². The molecule has 0 amide bonds. The third-order valence-electron chi connectivity index (χ3n) is 2.31. The van der Waals surface area contributed by atoms with Gasteiger partial charge in [0.25, 0.3) is 0 Å². The molecule has 1 rings (SSSR count). The Labute approximate surface area is 86.0 Å². The fourth-order valence-corrected chi connectivity index (χ4v) is 1.49. The minimum absolute atomic E-state index is 0.226. The molecule has 0 fully saturated rings. The number of aliphatic hydroxyl groups is 1. The quantitative estimate of drug-likeness (QED) is 0.704. The largest absolute Gasteiger partial charge is 0.393 e. The van der Waals surface area contributed by atoms with Gasteiger partial charge in [-0.1, -0.05) is 32.3 Å². The number of aromatic nitrogens is 1. The summed E-state index contributed by atoms with van der Waals surface area (Å²) < 4.78 is 0. The molecular weight excluding hydrogens is 174 g/mol. The first-order valence-electron chi connectivity index (χ1n) is 5.41. The van der Waals surface area contributed by atoms with Crippen LogP contribution >= 0.6 is 0 Å². The van der Waals surface area contributed by atoms with Gasteiger partial charge in [0.1, 0.15) is 0 Å². The minimum atomic E-state index is -0.226. The van der Waals surface area contributed by atoms with Gasteiger partial charge in [0, 0.05) is 18.3 Å². The molecule has 0 bridgehead atoms. The van der Waals surface area contributed by atoms with Gasteiger partial charge in [-0.15, -0.1) is 0 Å². The van der Waals surface area contributed by atoms with Crippen LogP contribution in [-0.2, 0) is 6.42 Å². The molecule has 1 aromatic heterocycles. The van der Waals surface area contributed by atoms with E-state index in [0.29, 0.717) is 6.42 Å². The molecule has 0 aliphatic heterocycles. The highest BCUT2D eigenvalue weighted by Crippen LogP contribution is 2.07. The number of unbranched alkanes of at least 4 members (excludes halogenated alkanes) is 2. The van der Waals surface area contributed by atoms with Crippen molar-refractivity contribution in [2.24, 2.45) is 0 Å². The first kappa shape index (κ1) is 11.2. The van der Waals surface area contributed by atoms with Crippen LogP contribution in [0.15, 0.2) is 24.4 Å². The van der Waals surface area contributed by atoms with Gasteiger partial charge in [0.15, 0.2) is 0 Å². The number of rotatable bonds is 6. The van der Waals surface area contributed by atoms with E-state index in [1.165, 1.54) is 12.8 Å². The standard InChI is InChI=1S/C12H19NO/c1-2-3-4-8-12(14)10-11-7-5-6-9-13-11/h5-7,9,12,14H,2-4,8,10H2,1H3. The number of aliphatic hydroxyl groups excluding tert-OH is 1. The molecule has 0 aliphatic rings. The van der Waals surface area contributed by atoms with E-state index in [1.54, 1.807) is 6.20 Å². The summed E-state index contributed by atoms with van der Waals surface area (Å²) in [5.41, 5.74) is 0.983. The summed E-state index contributed by atoms with van der Waals surface area (Å²) in [6.45, 7) is 2.17. The number of hydrogen-bond acceptors (Lipinski definition) is 2. The molecule has 0 aromatic carbocycles. The molecule has 2 heteroatoms. The molecular formula is C12H19NO. The van der Waals surface area contributed by atoms with Crippen LogP contribution in [0.2, 0.25) is 0 Å². The Hall–Kier alpha value is -0.890. The Balaban J connectivity index is 2.23. The Morgan fingerprint density at radius 1 is 1.36 bits per heavy atom. The molecule has 0 aliphatic carbocycles. The Morgan fingerprint density at radius 2 is 2.21 bits per heavy atom. The highest BCUT2D eigenvalue weighted by atomic mass is 16.3. The minimum Gasteiger partial charge on any atom is -0.393 e. The zero-order valence-electron chi connectivity index (χ0n) is 8.82.